The second kappa shape index (κ2) is 4.27. The summed E-state index contributed by atoms with van der Waals surface area (Å²) in [4.78, 5) is 4.13. The molecule has 0 N–H and O–H groups in total. The van der Waals surface area contributed by atoms with E-state index < -0.39 is 0 Å². The number of thioether (sulfide) groups is 1. The maximum Gasteiger partial charge on any atom is 0.137 e. The van der Waals surface area contributed by atoms with Crippen LogP contribution < -0.4 is 0 Å². The fourth-order valence-corrected chi connectivity index (χ4v) is 2.53. The predicted octanol–water partition coefficient (Wildman–Crippen LogP) is 3.60. The number of furan rings is 1. The standard InChI is InChI=1S/C12H15NOS/c1-8(7-15-3)12-9(2)10-6-13-5-4-11(10)14-12/h4-6,8H,7H2,1-3H3. The van der Waals surface area contributed by atoms with Gasteiger partial charge in [0.15, 0.2) is 0 Å². The van der Waals surface area contributed by atoms with Crippen LogP contribution in [0.5, 0.6) is 0 Å². The molecule has 0 aliphatic carbocycles. The second-order valence-corrected chi connectivity index (χ2v) is 4.73. The van der Waals surface area contributed by atoms with Crippen molar-refractivity contribution in [3.63, 3.8) is 0 Å². The Labute approximate surface area is 94.1 Å². The van der Waals surface area contributed by atoms with Gasteiger partial charge in [-0.3, -0.25) is 4.98 Å². The van der Waals surface area contributed by atoms with Gasteiger partial charge < -0.3 is 4.42 Å². The van der Waals surface area contributed by atoms with E-state index in [0.29, 0.717) is 5.92 Å². The van der Waals surface area contributed by atoms with Crippen molar-refractivity contribution < 1.29 is 4.42 Å². The number of rotatable bonds is 3. The summed E-state index contributed by atoms with van der Waals surface area (Å²) in [6, 6.07) is 1.93. The molecule has 0 amide bonds. The van der Waals surface area contributed by atoms with E-state index in [-0.39, 0.29) is 0 Å². The molecule has 3 heteroatoms. The highest BCUT2D eigenvalue weighted by atomic mass is 32.2. The molecule has 0 aliphatic heterocycles. The Morgan fingerprint density at radius 2 is 2.33 bits per heavy atom. The van der Waals surface area contributed by atoms with E-state index in [9.17, 15) is 0 Å². The van der Waals surface area contributed by atoms with Crippen molar-refractivity contribution in [1.82, 2.24) is 4.98 Å². The topological polar surface area (TPSA) is 26.0 Å². The van der Waals surface area contributed by atoms with Crippen molar-refractivity contribution in [3.05, 3.63) is 29.8 Å². The van der Waals surface area contributed by atoms with Crippen LogP contribution in [0.4, 0.5) is 0 Å². The van der Waals surface area contributed by atoms with Crippen LogP contribution in [0.2, 0.25) is 0 Å². The molecule has 0 spiro atoms. The summed E-state index contributed by atoms with van der Waals surface area (Å²) in [5, 5.41) is 1.14. The monoisotopic (exact) mass is 221 g/mol. The van der Waals surface area contributed by atoms with Crippen molar-refractivity contribution in [2.24, 2.45) is 0 Å². The minimum Gasteiger partial charge on any atom is -0.460 e. The summed E-state index contributed by atoms with van der Waals surface area (Å²) in [5.74, 6) is 2.66. The predicted molar refractivity (Wildman–Crippen MR) is 65.5 cm³/mol. The Morgan fingerprint density at radius 3 is 3.00 bits per heavy atom. The largest absolute Gasteiger partial charge is 0.460 e. The van der Waals surface area contributed by atoms with Crippen LogP contribution in [-0.2, 0) is 0 Å². The quantitative estimate of drug-likeness (QED) is 0.792. The summed E-state index contributed by atoms with van der Waals surface area (Å²) >= 11 is 1.85. The maximum absolute atomic E-state index is 5.86. The number of aryl methyl sites for hydroxylation is 1. The average Bonchev–Trinajstić information content (AvgIpc) is 2.57. The fourth-order valence-electron chi connectivity index (χ4n) is 1.88. The van der Waals surface area contributed by atoms with Crippen molar-refractivity contribution in [1.29, 1.82) is 0 Å². The lowest BCUT2D eigenvalue weighted by atomic mass is 10.1. The number of nitrogens with zero attached hydrogens (tertiary/aromatic N) is 1. The van der Waals surface area contributed by atoms with Crippen LogP contribution in [0, 0.1) is 6.92 Å². The molecule has 2 rings (SSSR count). The Balaban J connectivity index is 2.48. The molecule has 0 fully saturated rings. The van der Waals surface area contributed by atoms with Gasteiger partial charge in [0, 0.05) is 35.0 Å². The van der Waals surface area contributed by atoms with Crippen molar-refractivity contribution in [2.45, 2.75) is 19.8 Å². The molecule has 2 heterocycles. The zero-order valence-electron chi connectivity index (χ0n) is 9.28. The summed E-state index contributed by atoms with van der Waals surface area (Å²) < 4.78 is 5.86. The Kier molecular flexibility index (Phi) is 3.00. The van der Waals surface area contributed by atoms with Gasteiger partial charge in [-0.05, 0) is 19.2 Å². The first-order chi connectivity index (χ1) is 7.24. The number of hydrogen-bond donors (Lipinski definition) is 0. The fraction of sp³-hybridized carbons (Fsp3) is 0.417. The molecule has 0 aliphatic rings. The summed E-state index contributed by atoms with van der Waals surface area (Å²) in [5.41, 5.74) is 2.19. The number of pyridine rings is 1. The summed E-state index contributed by atoms with van der Waals surface area (Å²) in [6.07, 6.45) is 5.77. The lowest BCUT2D eigenvalue weighted by Gasteiger charge is -2.06. The van der Waals surface area contributed by atoms with Gasteiger partial charge in [0.05, 0.1) is 0 Å². The number of hydrogen-bond acceptors (Lipinski definition) is 3. The summed E-state index contributed by atoms with van der Waals surface area (Å²) in [6.45, 7) is 4.31. The molecule has 2 aromatic heterocycles. The minimum absolute atomic E-state index is 0.465. The minimum atomic E-state index is 0.465. The molecule has 0 radical (unpaired) electrons. The zero-order valence-corrected chi connectivity index (χ0v) is 10.1. The lowest BCUT2D eigenvalue weighted by Crippen LogP contribution is -1.96. The van der Waals surface area contributed by atoms with Crippen LogP contribution in [0.15, 0.2) is 22.9 Å². The van der Waals surface area contributed by atoms with Gasteiger partial charge in [0.2, 0.25) is 0 Å². The van der Waals surface area contributed by atoms with Crippen LogP contribution in [0.1, 0.15) is 24.2 Å². The zero-order chi connectivity index (χ0) is 10.8. The normalized spacial score (nSPS) is 13.3. The molecular formula is C12H15NOS. The SMILES string of the molecule is CSCC(C)c1oc2ccncc2c1C. The first-order valence-corrected chi connectivity index (χ1v) is 6.45. The highest BCUT2D eigenvalue weighted by Gasteiger charge is 2.15. The van der Waals surface area contributed by atoms with Crippen molar-refractivity contribution in [2.75, 3.05) is 12.0 Å². The van der Waals surface area contributed by atoms with E-state index in [4.69, 9.17) is 4.42 Å². The molecule has 2 nitrogen and oxygen atoms in total. The molecule has 0 bridgehead atoms. The lowest BCUT2D eigenvalue weighted by molar-refractivity contribution is 0.520. The van der Waals surface area contributed by atoms with Gasteiger partial charge in [-0.1, -0.05) is 6.92 Å². The number of aromatic nitrogens is 1. The molecule has 80 valence electrons. The van der Waals surface area contributed by atoms with E-state index in [1.165, 1.54) is 5.56 Å². The van der Waals surface area contributed by atoms with Crippen LogP contribution >= 0.6 is 11.8 Å². The first-order valence-electron chi connectivity index (χ1n) is 5.06. The highest BCUT2D eigenvalue weighted by Crippen LogP contribution is 2.30. The van der Waals surface area contributed by atoms with Gasteiger partial charge in [0.1, 0.15) is 11.3 Å². The molecular weight excluding hydrogens is 206 g/mol. The van der Waals surface area contributed by atoms with E-state index in [2.05, 4.69) is 25.1 Å². The average molecular weight is 221 g/mol. The van der Waals surface area contributed by atoms with Gasteiger partial charge in [-0.25, -0.2) is 0 Å². The van der Waals surface area contributed by atoms with E-state index in [0.717, 1.165) is 22.5 Å². The smallest absolute Gasteiger partial charge is 0.137 e. The van der Waals surface area contributed by atoms with Gasteiger partial charge in [0.25, 0.3) is 0 Å². The third-order valence-corrected chi connectivity index (χ3v) is 3.47. The molecule has 0 aromatic carbocycles. The highest BCUT2D eigenvalue weighted by molar-refractivity contribution is 7.98. The van der Waals surface area contributed by atoms with Gasteiger partial charge in [-0.2, -0.15) is 11.8 Å². The maximum atomic E-state index is 5.86. The van der Waals surface area contributed by atoms with Crippen molar-refractivity contribution >= 4 is 22.7 Å². The first kappa shape index (κ1) is 10.6. The number of fused-ring (bicyclic) bond motifs is 1. The molecule has 2 aromatic rings. The summed E-state index contributed by atoms with van der Waals surface area (Å²) in [7, 11) is 0. The Morgan fingerprint density at radius 1 is 1.53 bits per heavy atom. The molecule has 15 heavy (non-hydrogen) atoms. The third-order valence-electron chi connectivity index (χ3n) is 2.64. The van der Waals surface area contributed by atoms with Crippen LogP contribution in [0.3, 0.4) is 0 Å². The van der Waals surface area contributed by atoms with E-state index in [1.807, 2.05) is 24.0 Å². The van der Waals surface area contributed by atoms with E-state index in [1.54, 1.807) is 6.20 Å². The molecule has 1 unspecified atom stereocenters. The molecule has 0 saturated carbocycles. The Bertz CT molecular complexity index is 464. The van der Waals surface area contributed by atoms with Gasteiger partial charge in [-0.15, -0.1) is 0 Å². The van der Waals surface area contributed by atoms with Crippen LogP contribution in [0.25, 0.3) is 11.0 Å². The molecule has 1 atom stereocenters. The van der Waals surface area contributed by atoms with Crippen molar-refractivity contribution in [3.8, 4) is 0 Å². The van der Waals surface area contributed by atoms with E-state index >= 15 is 0 Å². The van der Waals surface area contributed by atoms with Crippen LogP contribution in [-0.4, -0.2) is 17.0 Å². The van der Waals surface area contributed by atoms with Gasteiger partial charge >= 0.3 is 0 Å². The second-order valence-electron chi connectivity index (χ2n) is 3.82. The third kappa shape index (κ3) is 1.88. The Hall–Kier alpha value is -0.960. The molecule has 0 saturated heterocycles.